The predicted octanol–water partition coefficient (Wildman–Crippen LogP) is 1.45. The third-order valence-electron chi connectivity index (χ3n) is 7.00. The Morgan fingerprint density at radius 2 is 1.88 bits per heavy atom. The van der Waals surface area contributed by atoms with E-state index in [4.69, 9.17) is 22.1 Å². The molecule has 10 heteroatoms. The monoisotopic (exact) mass is 482 g/mol. The Hall–Kier alpha value is -3.43. The van der Waals surface area contributed by atoms with Crippen molar-refractivity contribution in [3.63, 3.8) is 0 Å². The Morgan fingerprint density at radius 3 is 2.53 bits per heavy atom. The number of carbonyl (C=O) groups excluding carboxylic acids is 4. The number of nitrogens with two attached hydrogens (primary N) is 1. The molecule has 4 N–H and O–H groups in total. The predicted molar refractivity (Wildman–Crippen MR) is 123 cm³/mol. The second-order valence-electron chi connectivity index (χ2n) is 8.94. The number of nitrogens with one attached hydrogen (secondary N) is 2. The maximum Gasteiger partial charge on any atom is 0.250 e. The van der Waals surface area contributed by atoms with Gasteiger partial charge in [-0.1, -0.05) is 23.7 Å². The summed E-state index contributed by atoms with van der Waals surface area (Å²) in [5, 5.41) is 6.42. The Morgan fingerprint density at radius 1 is 1.18 bits per heavy atom. The van der Waals surface area contributed by atoms with Crippen molar-refractivity contribution in [3.05, 3.63) is 58.1 Å². The van der Waals surface area contributed by atoms with Crippen molar-refractivity contribution in [2.75, 3.05) is 12.4 Å². The summed E-state index contributed by atoms with van der Waals surface area (Å²) in [6, 6.07) is 9.58. The second-order valence-corrected chi connectivity index (χ2v) is 9.38. The summed E-state index contributed by atoms with van der Waals surface area (Å²) in [5.74, 6) is -3.33. The van der Waals surface area contributed by atoms with Gasteiger partial charge in [0, 0.05) is 28.7 Å². The number of fused-ring (bicyclic) bond motifs is 4. The molecule has 2 aromatic carbocycles. The lowest BCUT2D eigenvalue weighted by Gasteiger charge is -2.29. The number of hydrogen-bond donors (Lipinski definition) is 3. The summed E-state index contributed by atoms with van der Waals surface area (Å²) in [5.41, 5.74) is 6.44. The first-order valence-electron chi connectivity index (χ1n) is 10.8. The quantitative estimate of drug-likeness (QED) is 0.553. The molecule has 176 valence electrons. The van der Waals surface area contributed by atoms with E-state index in [9.17, 15) is 19.2 Å². The molecule has 3 aliphatic rings. The summed E-state index contributed by atoms with van der Waals surface area (Å²) < 4.78 is 5.17. The molecule has 2 fully saturated rings. The third-order valence-corrected chi connectivity index (χ3v) is 7.22. The van der Waals surface area contributed by atoms with Gasteiger partial charge in [-0.3, -0.25) is 29.4 Å². The molecule has 3 heterocycles. The van der Waals surface area contributed by atoms with Gasteiger partial charge in [-0.15, -0.1) is 0 Å². The van der Waals surface area contributed by atoms with Crippen LogP contribution in [-0.2, 0) is 31.3 Å². The zero-order valence-corrected chi connectivity index (χ0v) is 19.3. The van der Waals surface area contributed by atoms with Crippen LogP contribution in [0, 0.1) is 18.8 Å². The fourth-order valence-electron chi connectivity index (χ4n) is 5.55. The van der Waals surface area contributed by atoms with Gasteiger partial charge < -0.3 is 15.8 Å². The normalized spacial score (nSPS) is 27.2. The number of nitrogens with zero attached hydrogens (tertiary/aromatic N) is 1. The Bertz CT molecular complexity index is 1250. The van der Waals surface area contributed by atoms with E-state index in [1.54, 1.807) is 50.4 Å². The number of imide groups is 1. The smallest absolute Gasteiger partial charge is 0.250 e. The lowest BCUT2D eigenvalue weighted by molar-refractivity contribution is -0.143. The van der Waals surface area contributed by atoms with Crippen molar-refractivity contribution >= 4 is 40.9 Å². The van der Waals surface area contributed by atoms with E-state index >= 15 is 0 Å². The fourth-order valence-corrected chi connectivity index (χ4v) is 5.83. The molecule has 0 saturated carbocycles. The number of methoxy groups -OCH3 is 1. The van der Waals surface area contributed by atoms with E-state index in [1.165, 1.54) is 0 Å². The van der Waals surface area contributed by atoms with Crippen LogP contribution in [0.15, 0.2) is 36.4 Å². The van der Waals surface area contributed by atoms with Gasteiger partial charge >= 0.3 is 0 Å². The van der Waals surface area contributed by atoms with Crippen LogP contribution in [0.3, 0.4) is 0 Å². The number of halogens is 1. The van der Waals surface area contributed by atoms with Crippen LogP contribution < -0.4 is 21.1 Å². The van der Waals surface area contributed by atoms with Gasteiger partial charge in [0.1, 0.15) is 11.3 Å². The Balaban J connectivity index is 1.59. The topological polar surface area (TPSA) is 131 Å². The largest absolute Gasteiger partial charge is 0.497 e. The number of benzene rings is 2. The van der Waals surface area contributed by atoms with Gasteiger partial charge in [0.15, 0.2) is 0 Å². The van der Waals surface area contributed by atoms with Crippen molar-refractivity contribution in [2.45, 2.75) is 31.5 Å². The van der Waals surface area contributed by atoms with Crippen molar-refractivity contribution in [1.82, 2.24) is 10.2 Å². The van der Waals surface area contributed by atoms with Crippen LogP contribution in [0.5, 0.6) is 5.75 Å². The Kier molecular flexibility index (Phi) is 5.14. The van der Waals surface area contributed by atoms with Crippen LogP contribution >= 0.6 is 11.6 Å². The molecule has 4 amide bonds. The van der Waals surface area contributed by atoms with Gasteiger partial charge in [-0.05, 0) is 42.3 Å². The van der Waals surface area contributed by atoms with Crippen molar-refractivity contribution < 1.29 is 23.9 Å². The van der Waals surface area contributed by atoms with E-state index in [1.807, 2.05) is 0 Å². The molecule has 9 nitrogen and oxygen atoms in total. The lowest BCUT2D eigenvalue weighted by Crippen LogP contribution is -2.53. The number of hydrogen-bond acceptors (Lipinski definition) is 6. The minimum Gasteiger partial charge on any atom is -0.497 e. The minimum absolute atomic E-state index is 0.0388. The van der Waals surface area contributed by atoms with E-state index in [2.05, 4.69) is 10.6 Å². The molecule has 1 spiro atoms. The van der Waals surface area contributed by atoms with E-state index < -0.39 is 47.0 Å². The van der Waals surface area contributed by atoms with Gasteiger partial charge in [-0.2, -0.15) is 0 Å². The molecule has 2 aromatic rings. The highest BCUT2D eigenvalue weighted by atomic mass is 35.5. The maximum atomic E-state index is 13.8. The molecule has 5 rings (SSSR count). The molecule has 3 aliphatic heterocycles. The molecule has 0 bridgehead atoms. The first-order valence-corrected chi connectivity index (χ1v) is 11.2. The van der Waals surface area contributed by atoms with Crippen LogP contribution in [-0.4, -0.2) is 41.7 Å². The molecule has 34 heavy (non-hydrogen) atoms. The molecular formula is C24H23ClN4O5. The lowest BCUT2D eigenvalue weighted by atomic mass is 9.76. The van der Waals surface area contributed by atoms with Crippen molar-refractivity contribution in [3.8, 4) is 5.75 Å². The number of carbonyl (C=O) groups is 4. The molecule has 0 aliphatic carbocycles. The average Bonchev–Trinajstić information content (AvgIpc) is 3.35. The van der Waals surface area contributed by atoms with E-state index in [-0.39, 0.29) is 13.0 Å². The molecule has 0 radical (unpaired) electrons. The number of anilines is 1. The summed E-state index contributed by atoms with van der Waals surface area (Å²) in [6.45, 7) is 1.84. The van der Waals surface area contributed by atoms with Crippen molar-refractivity contribution in [2.24, 2.45) is 17.6 Å². The minimum atomic E-state index is -1.53. The van der Waals surface area contributed by atoms with Gasteiger partial charge in [0.25, 0.3) is 0 Å². The fraction of sp³-hybridized carbons (Fsp3) is 0.333. The Labute approximate surface area is 200 Å². The van der Waals surface area contributed by atoms with Gasteiger partial charge in [0.2, 0.25) is 23.6 Å². The number of likely N-dealkylation sites (tertiary alicyclic amines) is 1. The zero-order valence-electron chi connectivity index (χ0n) is 18.6. The van der Waals surface area contributed by atoms with Gasteiger partial charge in [0.05, 0.1) is 25.5 Å². The number of primary amides is 1. The second kappa shape index (κ2) is 7.82. The first-order chi connectivity index (χ1) is 16.2. The standard InChI is InChI=1S/C24H23ClN4O5/c1-11-7-13(25)8-15-20(11)27-23(33)24(15)19-18(16(28-24)9-17(26)30)21(31)29(22(19)32)10-12-3-5-14(34-2)6-4-12/h3-8,16,18-19,28H,9-10H2,1-2H3,(H2,26,30)(H,27,33)/t16?,18-,19+,24?/m1/s1. The summed E-state index contributed by atoms with van der Waals surface area (Å²) >= 11 is 6.31. The molecule has 4 atom stereocenters. The summed E-state index contributed by atoms with van der Waals surface area (Å²) in [7, 11) is 1.55. The summed E-state index contributed by atoms with van der Waals surface area (Å²) in [4.78, 5) is 53.8. The SMILES string of the molecule is COc1ccc(CN2C(=O)[C@@H]3C(CC(N)=O)NC4(C(=O)Nc5c(C)cc(Cl)cc54)[C@@H]3C2=O)cc1. The van der Waals surface area contributed by atoms with Crippen LogP contribution in [0.25, 0.3) is 0 Å². The zero-order chi connectivity index (χ0) is 24.4. The molecule has 0 aromatic heterocycles. The summed E-state index contributed by atoms with van der Waals surface area (Å²) in [6.07, 6.45) is -0.194. The average molecular weight is 483 g/mol. The number of amides is 4. The number of ether oxygens (including phenoxy) is 1. The van der Waals surface area contributed by atoms with Crippen LogP contribution in [0.2, 0.25) is 5.02 Å². The van der Waals surface area contributed by atoms with Crippen LogP contribution in [0.4, 0.5) is 5.69 Å². The molecule has 2 unspecified atom stereocenters. The maximum absolute atomic E-state index is 13.8. The highest BCUT2D eigenvalue weighted by Gasteiger charge is 2.70. The first kappa shape index (κ1) is 22.4. The highest BCUT2D eigenvalue weighted by molar-refractivity contribution is 6.31. The van der Waals surface area contributed by atoms with E-state index in [0.29, 0.717) is 22.0 Å². The van der Waals surface area contributed by atoms with E-state index in [0.717, 1.165) is 16.0 Å². The van der Waals surface area contributed by atoms with Crippen LogP contribution in [0.1, 0.15) is 23.1 Å². The number of rotatable bonds is 5. The van der Waals surface area contributed by atoms with Crippen molar-refractivity contribution in [1.29, 1.82) is 0 Å². The van der Waals surface area contributed by atoms with Gasteiger partial charge in [-0.25, -0.2) is 0 Å². The molecule has 2 saturated heterocycles. The highest BCUT2D eigenvalue weighted by Crippen LogP contribution is 2.54. The molecular weight excluding hydrogens is 460 g/mol. The number of aryl methyl sites for hydroxylation is 1. The third kappa shape index (κ3) is 3.11.